The van der Waals surface area contributed by atoms with E-state index in [0.717, 1.165) is 37.6 Å². The molecular weight excluding hydrogens is 372 g/mol. The van der Waals surface area contributed by atoms with E-state index in [0.29, 0.717) is 0 Å². The molecule has 0 heterocycles. The first-order valence-corrected chi connectivity index (χ1v) is 12.6. The lowest BCUT2D eigenvalue weighted by Crippen LogP contribution is -2.48. The zero-order valence-electron chi connectivity index (χ0n) is 20.9. The molecule has 1 aromatic rings. The van der Waals surface area contributed by atoms with Gasteiger partial charge in [0, 0.05) is 0 Å². The molecule has 0 amide bonds. The highest BCUT2D eigenvalue weighted by Crippen LogP contribution is 2.19. The number of unbranched alkanes of at least 4 members (excludes halogenated alkanes) is 2. The van der Waals surface area contributed by atoms with Gasteiger partial charge in [-0.05, 0) is 91.5 Å². The van der Waals surface area contributed by atoms with Gasteiger partial charge in [-0.25, -0.2) is 0 Å². The van der Waals surface area contributed by atoms with E-state index in [9.17, 15) is 0 Å². The Morgan fingerprint density at radius 1 is 0.500 bits per heavy atom. The molecule has 174 valence electrons. The third kappa shape index (κ3) is 8.85. The summed E-state index contributed by atoms with van der Waals surface area (Å²) < 4.78 is 14.3. The molecule has 0 atom stereocenters. The maximum atomic E-state index is 5.93. The molecule has 1 aromatic carbocycles. The van der Waals surface area contributed by atoms with Gasteiger partial charge in [0.2, 0.25) is 0 Å². The normalized spacial score (nSPS) is 12.2. The van der Waals surface area contributed by atoms with Crippen molar-refractivity contribution < 1.29 is 18.4 Å². The fraction of sp³-hybridized carbons (Fsp3) is 0.769. The smallest absolute Gasteiger partial charge is 0.119 e. The SMILES string of the molecule is CC[N+](CC)(CC)CCCCOc1ccc(OCCCC[N+](CC)(CC)CC)cc1. The Hall–Kier alpha value is -1.26. The van der Waals surface area contributed by atoms with Crippen LogP contribution in [0.2, 0.25) is 0 Å². The Kier molecular flexibility index (Phi) is 13.1. The van der Waals surface area contributed by atoms with E-state index >= 15 is 0 Å². The van der Waals surface area contributed by atoms with Crippen LogP contribution in [0.3, 0.4) is 0 Å². The molecule has 0 fully saturated rings. The maximum absolute atomic E-state index is 5.93. The van der Waals surface area contributed by atoms with Crippen molar-refractivity contribution in [3.8, 4) is 11.5 Å². The van der Waals surface area contributed by atoms with Crippen LogP contribution in [0.1, 0.15) is 67.2 Å². The van der Waals surface area contributed by atoms with Crippen LogP contribution in [-0.2, 0) is 0 Å². The van der Waals surface area contributed by atoms with Crippen molar-refractivity contribution in [3.05, 3.63) is 24.3 Å². The highest BCUT2D eigenvalue weighted by atomic mass is 16.5. The molecule has 30 heavy (non-hydrogen) atoms. The number of hydrogen-bond acceptors (Lipinski definition) is 2. The molecule has 4 heteroatoms. The Balaban J connectivity index is 2.23. The Morgan fingerprint density at radius 2 is 0.800 bits per heavy atom. The van der Waals surface area contributed by atoms with Gasteiger partial charge < -0.3 is 18.4 Å². The fourth-order valence-electron chi connectivity index (χ4n) is 4.40. The average molecular weight is 423 g/mol. The van der Waals surface area contributed by atoms with Crippen molar-refractivity contribution >= 4 is 0 Å². The molecule has 0 unspecified atom stereocenters. The minimum absolute atomic E-state index is 0.795. The summed E-state index contributed by atoms with van der Waals surface area (Å²) in [5.41, 5.74) is 0. The summed E-state index contributed by atoms with van der Waals surface area (Å²) in [7, 11) is 0. The van der Waals surface area contributed by atoms with Gasteiger partial charge in [0.15, 0.2) is 0 Å². The molecule has 0 N–H and O–H groups in total. The van der Waals surface area contributed by atoms with E-state index in [1.54, 1.807) is 0 Å². The van der Waals surface area contributed by atoms with Gasteiger partial charge in [-0.15, -0.1) is 0 Å². The van der Waals surface area contributed by atoms with Crippen LogP contribution in [0.4, 0.5) is 0 Å². The van der Waals surface area contributed by atoms with Gasteiger partial charge >= 0.3 is 0 Å². The van der Waals surface area contributed by atoms with E-state index < -0.39 is 0 Å². The lowest BCUT2D eigenvalue weighted by molar-refractivity contribution is -0.923. The molecule has 0 spiro atoms. The number of ether oxygens (including phenoxy) is 2. The van der Waals surface area contributed by atoms with Crippen LogP contribution in [0.15, 0.2) is 24.3 Å². The second-order valence-corrected chi connectivity index (χ2v) is 8.61. The number of rotatable bonds is 18. The van der Waals surface area contributed by atoms with Gasteiger partial charge in [0.25, 0.3) is 0 Å². The molecule has 0 aliphatic rings. The van der Waals surface area contributed by atoms with Gasteiger partial charge in [0.1, 0.15) is 11.5 Å². The number of nitrogens with zero attached hydrogens (tertiary/aromatic N) is 2. The largest absolute Gasteiger partial charge is 0.494 e. The highest BCUT2D eigenvalue weighted by Gasteiger charge is 2.20. The van der Waals surface area contributed by atoms with Gasteiger partial charge in [-0.3, -0.25) is 0 Å². The standard InChI is InChI=1S/C26H50N2O2/c1-7-27(8-2,9-3)21-13-15-23-29-25-17-19-26(20-18-25)30-24-16-14-22-28(10-4,11-5)12-6/h17-20H,7-16,21-24H2,1-6H3/q+2. The van der Waals surface area contributed by atoms with E-state index in [2.05, 4.69) is 41.5 Å². The molecule has 4 nitrogen and oxygen atoms in total. The summed E-state index contributed by atoms with van der Waals surface area (Å²) in [6, 6.07) is 8.14. The second kappa shape index (κ2) is 14.7. The van der Waals surface area contributed by atoms with Crippen LogP contribution in [0.5, 0.6) is 11.5 Å². The van der Waals surface area contributed by atoms with Crippen LogP contribution >= 0.6 is 0 Å². The third-order valence-electron chi connectivity index (χ3n) is 7.44. The highest BCUT2D eigenvalue weighted by molar-refractivity contribution is 5.31. The van der Waals surface area contributed by atoms with Gasteiger partial charge in [-0.2, -0.15) is 0 Å². The second-order valence-electron chi connectivity index (χ2n) is 8.61. The molecular formula is C26H50N2O2+2. The minimum atomic E-state index is 0.795. The molecule has 0 aliphatic heterocycles. The number of benzene rings is 1. The van der Waals surface area contributed by atoms with Crippen molar-refractivity contribution in [2.45, 2.75) is 67.2 Å². The quantitative estimate of drug-likeness (QED) is 0.221. The van der Waals surface area contributed by atoms with Crippen LogP contribution in [-0.4, -0.2) is 74.5 Å². The predicted molar refractivity (Wildman–Crippen MR) is 129 cm³/mol. The molecule has 1 rings (SSSR count). The summed E-state index contributed by atoms with van der Waals surface area (Å²) in [4.78, 5) is 0. The average Bonchev–Trinajstić information content (AvgIpc) is 2.80. The van der Waals surface area contributed by atoms with Crippen LogP contribution in [0.25, 0.3) is 0 Å². The topological polar surface area (TPSA) is 18.5 Å². The molecule has 0 saturated carbocycles. The predicted octanol–water partition coefficient (Wildman–Crippen LogP) is 5.76. The monoisotopic (exact) mass is 422 g/mol. The van der Waals surface area contributed by atoms with Crippen LogP contribution in [0, 0.1) is 0 Å². The fourth-order valence-corrected chi connectivity index (χ4v) is 4.40. The molecule has 0 saturated heterocycles. The molecule has 0 aliphatic carbocycles. The summed E-state index contributed by atoms with van der Waals surface area (Å²) in [6.07, 6.45) is 4.69. The molecule has 0 aromatic heterocycles. The zero-order chi connectivity index (χ0) is 22.3. The number of quaternary nitrogens is 2. The van der Waals surface area contributed by atoms with Crippen molar-refractivity contribution in [1.29, 1.82) is 0 Å². The van der Waals surface area contributed by atoms with E-state index in [4.69, 9.17) is 9.47 Å². The van der Waals surface area contributed by atoms with Crippen molar-refractivity contribution in [2.75, 3.05) is 65.6 Å². The van der Waals surface area contributed by atoms with Crippen molar-refractivity contribution in [3.63, 3.8) is 0 Å². The first-order chi connectivity index (χ1) is 14.5. The van der Waals surface area contributed by atoms with Gasteiger partial charge in [-0.1, -0.05) is 0 Å². The zero-order valence-corrected chi connectivity index (χ0v) is 20.9. The van der Waals surface area contributed by atoms with E-state index in [1.807, 2.05) is 24.3 Å². The first-order valence-electron chi connectivity index (χ1n) is 12.6. The maximum Gasteiger partial charge on any atom is 0.119 e. The lowest BCUT2D eigenvalue weighted by Gasteiger charge is -2.35. The summed E-state index contributed by atoms with van der Waals surface area (Å²) >= 11 is 0. The summed E-state index contributed by atoms with van der Waals surface area (Å²) in [5, 5.41) is 0. The first kappa shape index (κ1) is 26.8. The Labute approximate surface area is 187 Å². The van der Waals surface area contributed by atoms with E-state index in [-0.39, 0.29) is 0 Å². The Morgan fingerprint density at radius 3 is 1.07 bits per heavy atom. The van der Waals surface area contributed by atoms with E-state index in [1.165, 1.54) is 74.2 Å². The molecule has 0 radical (unpaired) electrons. The summed E-state index contributed by atoms with van der Waals surface area (Å²) in [5.74, 6) is 1.89. The van der Waals surface area contributed by atoms with Crippen LogP contribution < -0.4 is 9.47 Å². The summed E-state index contributed by atoms with van der Waals surface area (Å²) in [6.45, 7) is 25.3. The molecule has 0 bridgehead atoms. The van der Waals surface area contributed by atoms with Crippen molar-refractivity contribution in [1.82, 2.24) is 0 Å². The number of hydrogen-bond donors (Lipinski definition) is 0. The Bertz CT molecular complexity index is 471. The lowest BCUT2D eigenvalue weighted by atomic mass is 10.2. The third-order valence-corrected chi connectivity index (χ3v) is 7.44. The minimum Gasteiger partial charge on any atom is -0.494 e. The van der Waals surface area contributed by atoms with Crippen molar-refractivity contribution in [2.24, 2.45) is 0 Å². The van der Waals surface area contributed by atoms with Gasteiger partial charge in [0.05, 0.1) is 65.6 Å².